The van der Waals surface area contributed by atoms with E-state index >= 15 is 0 Å². The molecule has 3 nitrogen and oxygen atoms in total. The van der Waals surface area contributed by atoms with Crippen molar-refractivity contribution in [3.8, 4) is 22.4 Å². The molecule has 0 radical (unpaired) electrons. The Morgan fingerprint density at radius 3 is 2.58 bits per heavy atom. The lowest BCUT2D eigenvalue weighted by atomic mass is 10.0. The van der Waals surface area contributed by atoms with Crippen LogP contribution in [0.25, 0.3) is 22.4 Å². The highest BCUT2D eigenvalue weighted by Crippen LogP contribution is 2.31. The number of aromatic amines is 1. The number of nitrogens with one attached hydrogen (secondary N) is 1. The van der Waals surface area contributed by atoms with Gasteiger partial charge in [0.1, 0.15) is 0 Å². The molecule has 0 amide bonds. The maximum atomic E-state index is 13.7. The summed E-state index contributed by atoms with van der Waals surface area (Å²) in [7, 11) is 0. The van der Waals surface area contributed by atoms with Crippen LogP contribution in [0.15, 0.2) is 48.8 Å². The maximum Gasteiger partial charge on any atom is 0.220 e. The predicted octanol–water partition coefficient (Wildman–Crippen LogP) is 3.93. The van der Waals surface area contributed by atoms with Gasteiger partial charge in [0.05, 0.1) is 11.9 Å². The first-order valence-corrected chi connectivity index (χ1v) is 6.03. The standard InChI is InChI=1S/C14H9ClFN3/c15-10-5-3-9(4-6-10)13-12(8-18-19-13)11-2-1-7-17-14(11)16/h1-8H,(H,18,19). The third-order valence-corrected chi connectivity index (χ3v) is 3.07. The van der Waals surface area contributed by atoms with Gasteiger partial charge in [-0.3, -0.25) is 5.10 Å². The third-order valence-electron chi connectivity index (χ3n) is 2.82. The Balaban J connectivity index is 2.13. The van der Waals surface area contributed by atoms with Gasteiger partial charge in [-0.05, 0) is 24.3 Å². The number of H-pyrrole nitrogens is 1. The molecule has 2 heterocycles. The van der Waals surface area contributed by atoms with Crippen molar-refractivity contribution in [3.05, 3.63) is 59.8 Å². The number of hydrogen-bond acceptors (Lipinski definition) is 2. The third kappa shape index (κ3) is 2.22. The summed E-state index contributed by atoms with van der Waals surface area (Å²) in [5, 5.41) is 7.52. The van der Waals surface area contributed by atoms with Gasteiger partial charge in [-0.15, -0.1) is 0 Å². The highest BCUT2D eigenvalue weighted by Gasteiger charge is 2.13. The van der Waals surface area contributed by atoms with Crippen LogP contribution in [0.5, 0.6) is 0 Å². The molecule has 0 atom stereocenters. The van der Waals surface area contributed by atoms with Crippen LogP contribution >= 0.6 is 11.6 Å². The SMILES string of the molecule is Fc1ncccc1-c1cn[nH]c1-c1ccc(Cl)cc1. The van der Waals surface area contributed by atoms with Crippen molar-refractivity contribution in [3.63, 3.8) is 0 Å². The predicted molar refractivity (Wildman–Crippen MR) is 72.2 cm³/mol. The van der Waals surface area contributed by atoms with E-state index in [2.05, 4.69) is 15.2 Å². The normalized spacial score (nSPS) is 10.6. The van der Waals surface area contributed by atoms with E-state index in [1.807, 2.05) is 12.1 Å². The summed E-state index contributed by atoms with van der Waals surface area (Å²) in [5.41, 5.74) is 2.72. The van der Waals surface area contributed by atoms with Crippen molar-refractivity contribution < 1.29 is 4.39 Å². The summed E-state index contributed by atoms with van der Waals surface area (Å²) in [6.07, 6.45) is 3.00. The minimum Gasteiger partial charge on any atom is -0.277 e. The lowest BCUT2D eigenvalue weighted by Crippen LogP contribution is -1.88. The molecule has 1 N–H and O–H groups in total. The number of aromatic nitrogens is 3. The Hall–Kier alpha value is -2.20. The average molecular weight is 274 g/mol. The topological polar surface area (TPSA) is 41.6 Å². The van der Waals surface area contributed by atoms with Gasteiger partial charge in [-0.2, -0.15) is 9.49 Å². The Morgan fingerprint density at radius 2 is 1.84 bits per heavy atom. The van der Waals surface area contributed by atoms with Crippen LogP contribution in [0.3, 0.4) is 0 Å². The van der Waals surface area contributed by atoms with Crippen LogP contribution in [-0.2, 0) is 0 Å². The fraction of sp³-hybridized carbons (Fsp3) is 0. The van der Waals surface area contributed by atoms with Crippen LogP contribution in [0.4, 0.5) is 4.39 Å². The Labute approximate surface area is 114 Å². The highest BCUT2D eigenvalue weighted by molar-refractivity contribution is 6.30. The summed E-state index contributed by atoms with van der Waals surface area (Å²) >= 11 is 5.86. The molecule has 0 aliphatic rings. The molecule has 19 heavy (non-hydrogen) atoms. The second-order valence-electron chi connectivity index (χ2n) is 4.01. The lowest BCUT2D eigenvalue weighted by Gasteiger charge is -2.04. The van der Waals surface area contributed by atoms with E-state index in [1.165, 1.54) is 6.20 Å². The van der Waals surface area contributed by atoms with Gasteiger partial charge in [0.15, 0.2) is 0 Å². The van der Waals surface area contributed by atoms with E-state index in [-0.39, 0.29) is 0 Å². The molecule has 0 spiro atoms. The molecule has 0 saturated heterocycles. The molecule has 0 aliphatic heterocycles. The van der Waals surface area contributed by atoms with E-state index in [4.69, 9.17) is 11.6 Å². The number of benzene rings is 1. The Morgan fingerprint density at radius 1 is 1.05 bits per heavy atom. The van der Waals surface area contributed by atoms with Gasteiger partial charge >= 0.3 is 0 Å². The largest absolute Gasteiger partial charge is 0.277 e. The maximum absolute atomic E-state index is 13.7. The summed E-state index contributed by atoms with van der Waals surface area (Å²) < 4.78 is 13.7. The van der Waals surface area contributed by atoms with E-state index in [9.17, 15) is 4.39 Å². The molecule has 2 aromatic heterocycles. The van der Waals surface area contributed by atoms with Gasteiger partial charge in [0.2, 0.25) is 5.95 Å². The molecule has 0 aliphatic carbocycles. The number of halogens is 2. The zero-order chi connectivity index (χ0) is 13.2. The molecular weight excluding hydrogens is 265 g/mol. The van der Waals surface area contributed by atoms with E-state index < -0.39 is 5.95 Å². The van der Waals surface area contributed by atoms with Gasteiger partial charge < -0.3 is 0 Å². The van der Waals surface area contributed by atoms with Gasteiger partial charge in [0.25, 0.3) is 0 Å². The van der Waals surface area contributed by atoms with Crippen molar-refractivity contribution in [2.24, 2.45) is 0 Å². The van der Waals surface area contributed by atoms with Crippen molar-refractivity contribution in [2.45, 2.75) is 0 Å². The first-order chi connectivity index (χ1) is 9.25. The van der Waals surface area contributed by atoms with Gasteiger partial charge in [-0.25, -0.2) is 4.98 Å². The smallest absolute Gasteiger partial charge is 0.220 e. The molecule has 0 unspecified atom stereocenters. The average Bonchev–Trinajstić information content (AvgIpc) is 2.89. The van der Waals surface area contributed by atoms with Crippen molar-refractivity contribution in [1.82, 2.24) is 15.2 Å². The second-order valence-corrected chi connectivity index (χ2v) is 4.44. The molecule has 3 aromatic rings. The molecule has 5 heteroatoms. The van der Waals surface area contributed by atoms with Crippen molar-refractivity contribution >= 4 is 11.6 Å². The van der Waals surface area contributed by atoms with E-state index in [1.54, 1.807) is 30.5 Å². The number of pyridine rings is 1. The van der Waals surface area contributed by atoms with E-state index in [0.717, 1.165) is 11.3 Å². The first kappa shape index (κ1) is 11.9. The summed E-state index contributed by atoms with van der Waals surface area (Å²) in [6, 6.07) is 10.6. The molecular formula is C14H9ClFN3. The second kappa shape index (κ2) is 4.82. The molecule has 0 fully saturated rings. The minimum absolute atomic E-state index is 0.418. The monoisotopic (exact) mass is 273 g/mol. The van der Waals surface area contributed by atoms with E-state index in [0.29, 0.717) is 16.1 Å². The molecule has 1 aromatic carbocycles. The quantitative estimate of drug-likeness (QED) is 0.719. The van der Waals surface area contributed by atoms with Crippen LogP contribution in [0.1, 0.15) is 0 Å². The molecule has 0 saturated carbocycles. The van der Waals surface area contributed by atoms with Gasteiger partial charge in [-0.1, -0.05) is 23.7 Å². The summed E-state index contributed by atoms with van der Waals surface area (Å²) in [5.74, 6) is -0.515. The summed E-state index contributed by atoms with van der Waals surface area (Å²) in [4.78, 5) is 3.65. The molecule has 0 bridgehead atoms. The van der Waals surface area contributed by atoms with Crippen molar-refractivity contribution in [2.75, 3.05) is 0 Å². The molecule has 94 valence electrons. The highest BCUT2D eigenvalue weighted by atomic mass is 35.5. The van der Waals surface area contributed by atoms with Crippen LogP contribution in [0.2, 0.25) is 5.02 Å². The first-order valence-electron chi connectivity index (χ1n) is 5.66. The van der Waals surface area contributed by atoms with Crippen molar-refractivity contribution in [1.29, 1.82) is 0 Å². The van der Waals surface area contributed by atoms with Crippen LogP contribution < -0.4 is 0 Å². The van der Waals surface area contributed by atoms with Crippen LogP contribution in [0, 0.1) is 5.95 Å². The zero-order valence-corrected chi connectivity index (χ0v) is 10.5. The fourth-order valence-corrected chi connectivity index (χ4v) is 2.04. The number of nitrogens with zero attached hydrogens (tertiary/aromatic N) is 2. The van der Waals surface area contributed by atoms with Crippen LogP contribution in [-0.4, -0.2) is 15.2 Å². The molecule has 3 rings (SSSR count). The lowest BCUT2D eigenvalue weighted by molar-refractivity contribution is 0.587. The summed E-state index contributed by atoms with van der Waals surface area (Å²) in [6.45, 7) is 0. The minimum atomic E-state index is -0.515. The number of rotatable bonds is 2. The Kier molecular flexibility index (Phi) is 3.01. The Bertz CT molecular complexity index is 707. The number of hydrogen-bond donors (Lipinski definition) is 1. The van der Waals surface area contributed by atoms with Gasteiger partial charge in [0, 0.05) is 27.9 Å². The zero-order valence-electron chi connectivity index (χ0n) is 9.77. The fourth-order valence-electron chi connectivity index (χ4n) is 1.91.